The molecule has 1 aliphatic carbocycles. The van der Waals surface area contributed by atoms with Crippen LogP contribution in [0.4, 0.5) is 0 Å². The molecule has 0 amide bonds. The van der Waals surface area contributed by atoms with Gasteiger partial charge >= 0.3 is 0 Å². The first kappa shape index (κ1) is 9.84. The van der Waals surface area contributed by atoms with Gasteiger partial charge in [-0.1, -0.05) is 19.3 Å². The molecule has 2 aliphatic rings. The fraction of sp³-hybridized carbons (Fsp3) is 0.818. The highest BCUT2D eigenvalue weighted by Crippen LogP contribution is 2.31. The van der Waals surface area contributed by atoms with E-state index in [0.29, 0.717) is 0 Å². The number of hydrogen-bond acceptors (Lipinski definition) is 3. The van der Waals surface area contributed by atoms with E-state index in [2.05, 4.69) is 9.98 Å². The zero-order valence-corrected chi connectivity index (χ0v) is 8.79. The van der Waals surface area contributed by atoms with Gasteiger partial charge in [-0.05, 0) is 19.8 Å². The molecule has 78 valence electrons. The summed E-state index contributed by atoms with van der Waals surface area (Å²) in [6.07, 6.45) is 6.13. The Kier molecular flexibility index (Phi) is 2.68. The van der Waals surface area contributed by atoms with Crippen LogP contribution < -0.4 is 0 Å². The van der Waals surface area contributed by atoms with Crippen LogP contribution in [0.25, 0.3) is 0 Å². The molecule has 0 aromatic heterocycles. The maximum atomic E-state index is 10.4. The zero-order valence-electron chi connectivity index (χ0n) is 8.79. The summed E-state index contributed by atoms with van der Waals surface area (Å²) in [6.45, 7) is 2.71. The molecule has 14 heavy (non-hydrogen) atoms. The molecule has 1 N–H and O–H groups in total. The van der Waals surface area contributed by atoms with Gasteiger partial charge in [0.2, 0.25) is 0 Å². The van der Waals surface area contributed by atoms with Crippen LogP contribution in [0, 0.1) is 0 Å². The highest BCUT2D eigenvalue weighted by atomic mass is 16.3. The van der Waals surface area contributed by atoms with Crippen molar-refractivity contribution in [2.45, 2.75) is 51.0 Å². The maximum absolute atomic E-state index is 10.4. The van der Waals surface area contributed by atoms with Gasteiger partial charge in [0.15, 0.2) is 0 Å². The third-order valence-corrected chi connectivity index (χ3v) is 3.20. The van der Waals surface area contributed by atoms with E-state index < -0.39 is 5.60 Å². The second kappa shape index (κ2) is 3.81. The number of hydrogen-bond donors (Lipinski definition) is 1. The summed E-state index contributed by atoms with van der Waals surface area (Å²) >= 11 is 0. The number of aliphatic imine (C=N–C) groups is 2. The van der Waals surface area contributed by atoms with Crippen LogP contribution in [0.5, 0.6) is 0 Å². The third-order valence-electron chi connectivity index (χ3n) is 3.20. The molecule has 0 radical (unpaired) electrons. The van der Waals surface area contributed by atoms with Crippen molar-refractivity contribution in [2.24, 2.45) is 9.98 Å². The molecule has 0 aromatic carbocycles. The summed E-state index contributed by atoms with van der Waals surface area (Å²) in [5, 5.41) is 10.4. The minimum absolute atomic E-state index is 0.602. The van der Waals surface area contributed by atoms with Gasteiger partial charge in [-0.25, -0.2) is 4.99 Å². The average Bonchev–Trinajstić information content (AvgIpc) is 2.19. The summed E-state index contributed by atoms with van der Waals surface area (Å²) in [6, 6.07) is 0. The van der Waals surface area contributed by atoms with Gasteiger partial charge in [0.25, 0.3) is 0 Å². The second-order valence-corrected chi connectivity index (χ2v) is 4.33. The molecule has 1 heterocycles. The number of rotatable bonds is 1. The highest BCUT2D eigenvalue weighted by Gasteiger charge is 2.35. The van der Waals surface area contributed by atoms with Gasteiger partial charge in [0, 0.05) is 13.0 Å². The van der Waals surface area contributed by atoms with E-state index in [9.17, 15) is 5.11 Å². The normalized spacial score (nSPS) is 26.7. The number of amidine groups is 1. The maximum Gasteiger partial charge on any atom is 0.120 e. The first-order chi connectivity index (χ1) is 6.71. The lowest BCUT2D eigenvalue weighted by Crippen LogP contribution is -2.42. The average molecular weight is 194 g/mol. The Morgan fingerprint density at radius 1 is 1.21 bits per heavy atom. The SMILES string of the molecule is CC1=NCCC(C2(O)CCCCC2)=N1. The summed E-state index contributed by atoms with van der Waals surface area (Å²) < 4.78 is 0. The molecule has 0 aromatic rings. The quantitative estimate of drug-likeness (QED) is 0.681. The van der Waals surface area contributed by atoms with E-state index in [-0.39, 0.29) is 0 Å². The van der Waals surface area contributed by atoms with E-state index in [4.69, 9.17) is 0 Å². The van der Waals surface area contributed by atoms with Gasteiger partial charge in [-0.15, -0.1) is 0 Å². The molecule has 1 saturated carbocycles. The molecule has 0 spiro atoms. The zero-order chi connectivity index (χ0) is 10.0. The summed E-state index contributed by atoms with van der Waals surface area (Å²) in [7, 11) is 0. The molecule has 0 bridgehead atoms. The Bertz CT molecular complexity index is 275. The standard InChI is InChI=1S/C11H18N2O/c1-9-12-8-5-10(13-9)11(14)6-3-2-4-7-11/h14H,2-8H2,1H3. The molecule has 1 fully saturated rings. The highest BCUT2D eigenvalue weighted by molar-refractivity contribution is 6.03. The van der Waals surface area contributed by atoms with Crippen molar-refractivity contribution >= 4 is 11.5 Å². The van der Waals surface area contributed by atoms with Gasteiger partial charge in [-0.2, -0.15) is 0 Å². The Labute approximate surface area is 85.0 Å². The smallest absolute Gasteiger partial charge is 0.120 e. The number of aliphatic hydroxyl groups is 1. The van der Waals surface area contributed by atoms with Crippen molar-refractivity contribution in [1.82, 2.24) is 0 Å². The molecule has 3 nitrogen and oxygen atoms in total. The Morgan fingerprint density at radius 2 is 1.93 bits per heavy atom. The van der Waals surface area contributed by atoms with Crippen LogP contribution in [0.15, 0.2) is 9.98 Å². The topological polar surface area (TPSA) is 45.0 Å². The Morgan fingerprint density at radius 3 is 2.57 bits per heavy atom. The van der Waals surface area contributed by atoms with E-state index in [0.717, 1.165) is 50.2 Å². The summed E-state index contributed by atoms with van der Waals surface area (Å²) in [5.41, 5.74) is 0.375. The molecule has 2 rings (SSSR count). The van der Waals surface area contributed by atoms with E-state index in [1.165, 1.54) is 6.42 Å². The Hall–Kier alpha value is -0.700. The lowest BCUT2D eigenvalue weighted by Gasteiger charge is -2.34. The first-order valence-electron chi connectivity index (χ1n) is 5.52. The van der Waals surface area contributed by atoms with Crippen LogP contribution in [-0.4, -0.2) is 28.8 Å². The fourth-order valence-electron chi connectivity index (χ4n) is 2.37. The lowest BCUT2D eigenvalue weighted by molar-refractivity contribution is 0.0689. The number of nitrogens with zero attached hydrogens (tertiary/aromatic N) is 2. The summed E-state index contributed by atoms with van der Waals surface area (Å²) in [4.78, 5) is 8.62. The molecule has 1 aliphatic heterocycles. The molecule has 0 unspecified atom stereocenters. The van der Waals surface area contributed by atoms with E-state index in [1.54, 1.807) is 0 Å². The van der Waals surface area contributed by atoms with Crippen LogP contribution >= 0.6 is 0 Å². The summed E-state index contributed by atoms with van der Waals surface area (Å²) in [5.74, 6) is 0.824. The van der Waals surface area contributed by atoms with Crippen LogP contribution in [0.3, 0.4) is 0 Å². The van der Waals surface area contributed by atoms with E-state index >= 15 is 0 Å². The van der Waals surface area contributed by atoms with Crippen molar-refractivity contribution in [2.75, 3.05) is 6.54 Å². The van der Waals surface area contributed by atoms with Gasteiger partial charge in [0.1, 0.15) is 11.4 Å². The predicted octanol–water partition coefficient (Wildman–Crippen LogP) is 1.94. The largest absolute Gasteiger partial charge is 0.384 e. The third kappa shape index (κ3) is 1.87. The van der Waals surface area contributed by atoms with Crippen LogP contribution in [0.1, 0.15) is 45.4 Å². The minimum Gasteiger partial charge on any atom is -0.384 e. The monoisotopic (exact) mass is 194 g/mol. The molecule has 0 atom stereocenters. The molecular formula is C11H18N2O. The van der Waals surface area contributed by atoms with Crippen molar-refractivity contribution < 1.29 is 5.11 Å². The van der Waals surface area contributed by atoms with Crippen molar-refractivity contribution in [1.29, 1.82) is 0 Å². The molecular weight excluding hydrogens is 176 g/mol. The first-order valence-corrected chi connectivity index (χ1v) is 5.52. The molecule has 0 saturated heterocycles. The van der Waals surface area contributed by atoms with Crippen molar-refractivity contribution in [3.63, 3.8) is 0 Å². The van der Waals surface area contributed by atoms with Gasteiger partial charge in [0.05, 0.1) is 5.71 Å². The van der Waals surface area contributed by atoms with Crippen molar-refractivity contribution in [3.8, 4) is 0 Å². The van der Waals surface area contributed by atoms with E-state index in [1.807, 2.05) is 6.92 Å². The van der Waals surface area contributed by atoms with Gasteiger partial charge < -0.3 is 5.11 Å². The fourth-order valence-corrected chi connectivity index (χ4v) is 2.37. The van der Waals surface area contributed by atoms with Crippen LogP contribution in [-0.2, 0) is 0 Å². The Balaban J connectivity index is 2.16. The van der Waals surface area contributed by atoms with Crippen molar-refractivity contribution in [3.05, 3.63) is 0 Å². The second-order valence-electron chi connectivity index (χ2n) is 4.33. The predicted molar refractivity (Wildman–Crippen MR) is 58.1 cm³/mol. The minimum atomic E-state index is -0.602. The lowest BCUT2D eigenvalue weighted by atomic mass is 9.80. The van der Waals surface area contributed by atoms with Gasteiger partial charge in [-0.3, -0.25) is 4.99 Å². The van der Waals surface area contributed by atoms with Crippen LogP contribution in [0.2, 0.25) is 0 Å². The molecule has 3 heteroatoms.